The predicted molar refractivity (Wildman–Crippen MR) is 147 cm³/mol. The fourth-order valence-corrected chi connectivity index (χ4v) is 5.96. The third-order valence-electron chi connectivity index (χ3n) is 7.70. The molecular weight excluding hydrogens is 492 g/mol. The molecule has 37 heavy (non-hydrogen) atoms. The number of rotatable bonds is 11. The quantitative estimate of drug-likeness (QED) is 0.344. The van der Waals surface area contributed by atoms with Crippen LogP contribution in [0.5, 0.6) is 0 Å². The number of aryl methyl sites for hydroxylation is 1. The Kier molecular flexibility index (Phi) is 12.3. The van der Waals surface area contributed by atoms with Gasteiger partial charge in [-0.3, -0.25) is 0 Å². The van der Waals surface area contributed by atoms with Gasteiger partial charge in [0.2, 0.25) is 0 Å². The molecule has 3 amide bonds. The Morgan fingerprint density at radius 1 is 1.16 bits per heavy atom. The molecule has 3 N–H and O–H groups in total. The molecule has 2 fully saturated rings. The number of halogens is 1. The normalized spacial score (nSPS) is 20.2. The van der Waals surface area contributed by atoms with Gasteiger partial charge in [-0.25, -0.2) is 9.59 Å². The van der Waals surface area contributed by atoms with Crippen molar-refractivity contribution in [2.75, 3.05) is 46.9 Å². The lowest BCUT2D eigenvalue weighted by Gasteiger charge is -2.38. The Morgan fingerprint density at radius 2 is 1.95 bits per heavy atom. The van der Waals surface area contributed by atoms with E-state index in [0.29, 0.717) is 30.6 Å². The Bertz CT molecular complexity index is 865. The second kappa shape index (κ2) is 15.4. The molecule has 1 aromatic rings. The molecule has 1 heterocycles. The molecule has 0 spiro atoms. The highest BCUT2D eigenvalue weighted by Gasteiger charge is 2.33. The van der Waals surface area contributed by atoms with Crippen molar-refractivity contribution in [2.24, 2.45) is 11.8 Å². The monoisotopic (exact) mass is 536 g/mol. The van der Waals surface area contributed by atoms with Gasteiger partial charge in [0.1, 0.15) is 0 Å². The van der Waals surface area contributed by atoms with Crippen molar-refractivity contribution in [2.45, 2.75) is 70.4 Å². The standard InChI is InChI=1S/C28H45ClN4O4/c1-20-11-12-23(29)17-25(20)26(37-15-13-31-28(35)36-3)22-10-7-14-33(19-22)27(34)32-24(18-30-2)16-21-8-5-4-6-9-21/h11-12,17,21-22,24,26,30H,4-10,13-16,18-19H2,1-3H3,(H,31,35)(H,32,34)/t22-,24+,26?/m1/s1. The molecule has 1 aromatic carbocycles. The fourth-order valence-electron chi connectivity index (χ4n) is 5.78. The Balaban J connectivity index is 1.66. The van der Waals surface area contributed by atoms with E-state index in [2.05, 4.69) is 27.6 Å². The van der Waals surface area contributed by atoms with Gasteiger partial charge in [-0.05, 0) is 62.4 Å². The predicted octanol–water partition coefficient (Wildman–Crippen LogP) is 5.04. The van der Waals surface area contributed by atoms with E-state index in [4.69, 9.17) is 16.3 Å². The molecular formula is C28H45ClN4O4. The molecule has 1 unspecified atom stereocenters. The summed E-state index contributed by atoms with van der Waals surface area (Å²) in [6.45, 7) is 4.86. The summed E-state index contributed by atoms with van der Waals surface area (Å²) >= 11 is 6.36. The number of carbonyl (C=O) groups excluding carboxylic acids is 2. The molecule has 0 aromatic heterocycles. The van der Waals surface area contributed by atoms with Gasteiger partial charge in [0, 0.05) is 43.2 Å². The molecule has 9 heteroatoms. The SMILES string of the molecule is CNC[C@H](CC1CCCCC1)NC(=O)N1CCC[C@@H](C(OCCNC(=O)OC)c2cc(Cl)ccc2C)C1. The molecule has 208 valence electrons. The summed E-state index contributed by atoms with van der Waals surface area (Å²) in [6.07, 6.45) is 8.66. The van der Waals surface area contributed by atoms with Crippen LogP contribution in [0.3, 0.4) is 0 Å². The number of methoxy groups -OCH3 is 1. The van der Waals surface area contributed by atoms with Gasteiger partial charge < -0.3 is 30.3 Å². The first kappa shape index (κ1) is 29.5. The van der Waals surface area contributed by atoms with E-state index in [9.17, 15) is 9.59 Å². The zero-order valence-corrected chi connectivity index (χ0v) is 23.4. The van der Waals surface area contributed by atoms with E-state index in [-0.39, 0.29) is 24.1 Å². The third kappa shape index (κ3) is 9.34. The van der Waals surface area contributed by atoms with Crippen molar-refractivity contribution in [1.29, 1.82) is 0 Å². The number of likely N-dealkylation sites (N-methyl/N-ethyl adjacent to an activating group) is 1. The number of amides is 3. The highest BCUT2D eigenvalue weighted by atomic mass is 35.5. The van der Waals surface area contributed by atoms with Gasteiger partial charge in [-0.2, -0.15) is 0 Å². The van der Waals surface area contributed by atoms with E-state index >= 15 is 0 Å². The van der Waals surface area contributed by atoms with Gasteiger partial charge in [0.25, 0.3) is 0 Å². The second-order valence-electron chi connectivity index (χ2n) is 10.5. The number of piperidine rings is 1. The summed E-state index contributed by atoms with van der Waals surface area (Å²) in [5, 5.41) is 9.92. The molecule has 0 radical (unpaired) electrons. The maximum Gasteiger partial charge on any atom is 0.406 e. The number of hydrogen-bond acceptors (Lipinski definition) is 5. The van der Waals surface area contributed by atoms with Crippen LogP contribution in [-0.2, 0) is 9.47 Å². The average molecular weight is 537 g/mol. The van der Waals surface area contributed by atoms with Crippen LogP contribution in [0.4, 0.5) is 9.59 Å². The average Bonchev–Trinajstić information content (AvgIpc) is 2.91. The number of carbonyl (C=O) groups is 2. The molecule has 8 nitrogen and oxygen atoms in total. The number of nitrogens with zero attached hydrogens (tertiary/aromatic N) is 1. The molecule has 2 aliphatic rings. The number of benzene rings is 1. The lowest BCUT2D eigenvalue weighted by molar-refractivity contribution is -0.00899. The van der Waals surface area contributed by atoms with E-state index in [1.807, 2.05) is 30.1 Å². The van der Waals surface area contributed by atoms with Crippen molar-refractivity contribution in [3.05, 3.63) is 34.3 Å². The van der Waals surface area contributed by atoms with Crippen LogP contribution in [0, 0.1) is 18.8 Å². The minimum Gasteiger partial charge on any atom is -0.453 e. The smallest absolute Gasteiger partial charge is 0.406 e. The van der Waals surface area contributed by atoms with Gasteiger partial charge in [-0.1, -0.05) is 49.8 Å². The van der Waals surface area contributed by atoms with Crippen LogP contribution >= 0.6 is 11.6 Å². The number of hydrogen-bond donors (Lipinski definition) is 3. The zero-order valence-electron chi connectivity index (χ0n) is 22.7. The van der Waals surface area contributed by atoms with Crippen LogP contribution in [0.1, 0.15) is 68.6 Å². The summed E-state index contributed by atoms with van der Waals surface area (Å²) in [5.41, 5.74) is 2.13. The molecule has 1 saturated heterocycles. The van der Waals surface area contributed by atoms with Gasteiger partial charge in [0.05, 0.1) is 19.8 Å². The van der Waals surface area contributed by atoms with Crippen LogP contribution < -0.4 is 16.0 Å². The molecule has 3 atom stereocenters. The lowest BCUT2D eigenvalue weighted by Crippen LogP contribution is -2.52. The first-order valence-electron chi connectivity index (χ1n) is 13.8. The Morgan fingerprint density at radius 3 is 2.68 bits per heavy atom. The van der Waals surface area contributed by atoms with Crippen LogP contribution in [0.15, 0.2) is 18.2 Å². The summed E-state index contributed by atoms with van der Waals surface area (Å²) in [6, 6.07) is 5.98. The molecule has 3 rings (SSSR count). The summed E-state index contributed by atoms with van der Waals surface area (Å²) in [7, 11) is 3.29. The topological polar surface area (TPSA) is 91.9 Å². The highest BCUT2D eigenvalue weighted by Crippen LogP contribution is 2.36. The van der Waals surface area contributed by atoms with Gasteiger partial charge in [-0.15, -0.1) is 0 Å². The van der Waals surface area contributed by atoms with Crippen molar-refractivity contribution in [3.8, 4) is 0 Å². The van der Waals surface area contributed by atoms with E-state index in [1.165, 1.54) is 39.2 Å². The first-order valence-corrected chi connectivity index (χ1v) is 14.2. The molecule has 1 saturated carbocycles. The molecule has 1 aliphatic carbocycles. The largest absolute Gasteiger partial charge is 0.453 e. The van der Waals surface area contributed by atoms with Crippen LogP contribution in [0.2, 0.25) is 5.02 Å². The molecule has 1 aliphatic heterocycles. The first-order chi connectivity index (χ1) is 17.9. The van der Waals surface area contributed by atoms with Gasteiger partial charge >= 0.3 is 12.1 Å². The van der Waals surface area contributed by atoms with E-state index < -0.39 is 6.09 Å². The minimum atomic E-state index is -0.482. The van der Waals surface area contributed by atoms with Crippen molar-refractivity contribution in [1.82, 2.24) is 20.9 Å². The summed E-state index contributed by atoms with van der Waals surface area (Å²) in [4.78, 5) is 26.8. The number of alkyl carbamates (subject to hydrolysis) is 1. The van der Waals surface area contributed by atoms with Crippen LogP contribution in [0.25, 0.3) is 0 Å². The highest BCUT2D eigenvalue weighted by molar-refractivity contribution is 6.30. The number of ether oxygens (including phenoxy) is 2. The zero-order chi connectivity index (χ0) is 26.6. The number of nitrogens with one attached hydrogen (secondary N) is 3. The number of likely N-dealkylation sites (tertiary alicyclic amines) is 1. The fraction of sp³-hybridized carbons (Fsp3) is 0.714. The Hall–Kier alpha value is -2.03. The molecule has 0 bridgehead atoms. The minimum absolute atomic E-state index is 0.00897. The maximum absolute atomic E-state index is 13.4. The number of urea groups is 1. The van der Waals surface area contributed by atoms with Crippen molar-refractivity contribution < 1.29 is 19.1 Å². The van der Waals surface area contributed by atoms with E-state index in [1.54, 1.807) is 0 Å². The van der Waals surface area contributed by atoms with Crippen LogP contribution in [-0.4, -0.2) is 70.0 Å². The van der Waals surface area contributed by atoms with Gasteiger partial charge in [0.15, 0.2) is 0 Å². The summed E-state index contributed by atoms with van der Waals surface area (Å²) in [5.74, 6) is 0.819. The summed E-state index contributed by atoms with van der Waals surface area (Å²) < 4.78 is 11.0. The second-order valence-corrected chi connectivity index (χ2v) is 10.9. The maximum atomic E-state index is 13.4. The Labute approximate surface area is 227 Å². The van der Waals surface area contributed by atoms with Crippen molar-refractivity contribution in [3.63, 3.8) is 0 Å². The van der Waals surface area contributed by atoms with E-state index in [0.717, 1.165) is 43.5 Å². The van der Waals surface area contributed by atoms with Crippen molar-refractivity contribution >= 4 is 23.7 Å². The lowest BCUT2D eigenvalue weighted by atomic mass is 9.84. The third-order valence-corrected chi connectivity index (χ3v) is 7.93.